The summed E-state index contributed by atoms with van der Waals surface area (Å²) in [5, 5.41) is 5.91. The Bertz CT molecular complexity index is 1660. The van der Waals surface area contributed by atoms with Crippen LogP contribution in [0.15, 0.2) is 84.9 Å². The second-order valence-electron chi connectivity index (χ2n) is 11.2. The average Bonchev–Trinajstić information content (AvgIpc) is 3.17. The smallest absolute Gasteiger partial charge is 0.230 e. The normalized spacial score (nSPS) is 14.6. The number of hydrogen-bond acceptors (Lipinski definition) is 5. The lowest BCUT2D eigenvalue weighted by Crippen LogP contribution is -2.38. The van der Waals surface area contributed by atoms with Crippen molar-refractivity contribution in [1.29, 1.82) is 0 Å². The molecule has 1 atom stereocenters. The van der Waals surface area contributed by atoms with Gasteiger partial charge in [0.2, 0.25) is 5.91 Å². The molecule has 42 heavy (non-hydrogen) atoms. The van der Waals surface area contributed by atoms with Gasteiger partial charge in [0.05, 0.1) is 22.7 Å². The first-order valence-electron chi connectivity index (χ1n) is 15.0. The fourth-order valence-corrected chi connectivity index (χ4v) is 5.96. The molecule has 1 fully saturated rings. The van der Waals surface area contributed by atoms with Crippen LogP contribution in [-0.4, -0.2) is 56.7 Å². The van der Waals surface area contributed by atoms with Gasteiger partial charge in [-0.1, -0.05) is 85.3 Å². The first-order chi connectivity index (χ1) is 20.5. The van der Waals surface area contributed by atoms with E-state index in [4.69, 9.17) is 15.1 Å². The molecular formula is C35H38N6O. The zero-order valence-corrected chi connectivity index (χ0v) is 24.7. The van der Waals surface area contributed by atoms with Crippen molar-refractivity contribution in [2.75, 3.05) is 31.1 Å². The molecule has 1 saturated heterocycles. The second kappa shape index (κ2) is 12.1. The van der Waals surface area contributed by atoms with Gasteiger partial charge in [-0.05, 0) is 49.9 Å². The topological polar surface area (TPSA) is 67.2 Å². The van der Waals surface area contributed by atoms with E-state index in [0.29, 0.717) is 19.5 Å². The Labute approximate surface area is 247 Å². The summed E-state index contributed by atoms with van der Waals surface area (Å²) < 4.78 is 1.94. The zero-order chi connectivity index (χ0) is 29.1. The summed E-state index contributed by atoms with van der Waals surface area (Å²) in [6, 6.07) is 28.9. The van der Waals surface area contributed by atoms with E-state index in [1.165, 1.54) is 11.1 Å². The van der Waals surface area contributed by atoms with Crippen molar-refractivity contribution in [2.45, 2.75) is 46.0 Å². The van der Waals surface area contributed by atoms with Gasteiger partial charge in [-0.2, -0.15) is 5.10 Å². The summed E-state index contributed by atoms with van der Waals surface area (Å²) in [6.45, 7) is 9.16. The number of amides is 1. The zero-order valence-electron chi connectivity index (χ0n) is 24.7. The highest BCUT2D eigenvalue weighted by Crippen LogP contribution is 2.31. The average molecular weight is 559 g/mol. The van der Waals surface area contributed by atoms with Crippen LogP contribution < -0.4 is 4.90 Å². The number of hydrogen-bond donors (Lipinski definition) is 0. The molecule has 1 aliphatic heterocycles. The fourth-order valence-electron chi connectivity index (χ4n) is 5.96. The van der Waals surface area contributed by atoms with Gasteiger partial charge in [0.1, 0.15) is 11.6 Å². The maximum atomic E-state index is 13.7. The van der Waals surface area contributed by atoms with E-state index in [2.05, 4.69) is 67.3 Å². The van der Waals surface area contributed by atoms with E-state index >= 15 is 0 Å². The predicted molar refractivity (Wildman–Crippen MR) is 168 cm³/mol. The monoisotopic (exact) mass is 558 g/mol. The Morgan fingerprint density at radius 2 is 1.55 bits per heavy atom. The number of para-hydroxylation sites is 1. The minimum atomic E-state index is -0.115. The molecule has 0 saturated carbocycles. The van der Waals surface area contributed by atoms with Crippen LogP contribution in [0.3, 0.4) is 0 Å². The molecule has 0 N–H and O–H groups in total. The van der Waals surface area contributed by atoms with E-state index in [0.717, 1.165) is 65.6 Å². The van der Waals surface area contributed by atoms with Gasteiger partial charge >= 0.3 is 0 Å². The highest BCUT2D eigenvalue weighted by molar-refractivity contribution is 5.91. The lowest BCUT2D eigenvalue weighted by atomic mass is 9.95. The van der Waals surface area contributed by atoms with E-state index in [9.17, 15) is 4.79 Å². The van der Waals surface area contributed by atoms with Gasteiger partial charge in [-0.15, -0.1) is 0 Å². The third-order valence-electron chi connectivity index (χ3n) is 8.23. The second-order valence-corrected chi connectivity index (χ2v) is 11.2. The Balaban J connectivity index is 1.35. The highest BCUT2D eigenvalue weighted by atomic mass is 16.2. The fraction of sp³-hybridized carbons (Fsp3) is 0.314. The molecule has 7 nitrogen and oxygen atoms in total. The minimum absolute atomic E-state index is 0.115. The number of nitrogens with zero attached hydrogens (tertiary/aromatic N) is 6. The van der Waals surface area contributed by atoms with Crippen LogP contribution in [0.25, 0.3) is 16.7 Å². The summed E-state index contributed by atoms with van der Waals surface area (Å²) in [5.41, 5.74) is 6.19. The summed E-state index contributed by atoms with van der Waals surface area (Å²) >= 11 is 0. The van der Waals surface area contributed by atoms with Crippen molar-refractivity contribution in [3.63, 3.8) is 0 Å². The molecule has 6 rings (SSSR count). The van der Waals surface area contributed by atoms with Gasteiger partial charge in [-0.3, -0.25) is 4.79 Å². The number of aryl methyl sites for hydroxylation is 2. The molecule has 1 aliphatic rings. The van der Waals surface area contributed by atoms with Crippen molar-refractivity contribution < 1.29 is 4.79 Å². The number of rotatable bonds is 7. The van der Waals surface area contributed by atoms with Crippen LogP contribution >= 0.6 is 0 Å². The van der Waals surface area contributed by atoms with Crippen molar-refractivity contribution in [3.05, 3.63) is 113 Å². The largest absolute Gasteiger partial charge is 0.354 e. The minimum Gasteiger partial charge on any atom is -0.354 e. The number of carbonyl (C=O) groups is 1. The Kier molecular flexibility index (Phi) is 8.00. The van der Waals surface area contributed by atoms with Crippen LogP contribution in [0.4, 0.5) is 5.82 Å². The number of anilines is 1. The maximum Gasteiger partial charge on any atom is 0.230 e. The van der Waals surface area contributed by atoms with E-state index < -0.39 is 0 Å². The lowest BCUT2D eigenvalue weighted by Gasteiger charge is -2.26. The van der Waals surface area contributed by atoms with Crippen molar-refractivity contribution in [3.8, 4) is 5.69 Å². The third kappa shape index (κ3) is 5.64. The molecule has 3 aromatic carbocycles. The highest BCUT2D eigenvalue weighted by Gasteiger charge is 2.28. The summed E-state index contributed by atoms with van der Waals surface area (Å²) in [7, 11) is 0. The maximum absolute atomic E-state index is 13.7. The summed E-state index contributed by atoms with van der Waals surface area (Å²) in [6.07, 6.45) is 2.30. The van der Waals surface area contributed by atoms with E-state index in [1.54, 1.807) is 0 Å². The van der Waals surface area contributed by atoms with Crippen LogP contribution in [0.5, 0.6) is 0 Å². The van der Waals surface area contributed by atoms with Crippen molar-refractivity contribution >= 4 is 22.8 Å². The molecule has 0 spiro atoms. The molecular weight excluding hydrogens is 520 g/mol. The van der Waals surface area contributed by atoms with Gasteiger partial charge in [0.25, 0.3) is 0 Å². The molecule has 1 amide bonds. The van der Waals surface area contributed by atoms with Crippen LogP contribution in [-0.2, 0) is 11.2 Å². The van der Waals surface area contributed by atoms with Crippen molar-refractivity contribution in [2.24, 2.45) is 0 Å². The van der Waals surface area contributed by atoms with Gasteiger partial charge < -0.3 is 9.80 Å². The number of carbonyl (C=O) groups excluding carboxylic acids is 1. The van der Waals surface area contributed by atoms with Crippen LogP contribution in [0.1, 0.15) is 53.9 Å². The Morgan fingerprint density at radius 3 is 2.26 bits per heavy atom. The third-order valence-corrected chi connectivity index (χ3v) is 8.23. The predicted octanol–water partition coefficient (Wildman–Crippen LogP) is 6.26. The molecule has 3 heterocycles. The van der Waals surface area contributed by atoms with Gasteiger partial charge in [-0.25, -0.2) is 14.6 Å². The van der Waals surface area contributed by atoms with Gasteiger partial charge in [0.15, 0.2) is 5.65 Å². The molecule has 0 aliphatic carbocycles. The first-order valence-corrected chi connectivity index (χ1v) is 15.0. The summed E-state index contributed by atoms with van der Waals surface area (Å²) in [5.74, 6) is 1.78. The molecule has 0 unspecified atom stereocenters. The number of fused-ring (bicyclic) bond motifs is 1. The lowest BCUT2D eigenvalue weighted by molar-refractivity contribution is -0.132. The molecule has 0 radical (unpaired) electrons. The molecule has 5 aromatic rings. The molecule has 0 bridgehead atoms. The summed E-state index contributed by atoms with van der Waals surface area (Å²) in [4.78, 5) is 28.3. The molecule has 214 valence electrons. The van der Waals surface area contributed by atoms with Crippen LogP contribution in [0, 0.1) is 13.8 Å². The standard InChI is InChI=1S/C35H38N6O/c1-4-30(28-12-7-5-8-13-28)35(42)40-21-11-20-39(22-23-40)33-32-26(3)38-41(29-14-9-6-10-15-29)34(32)37-31(36-33)24-27-18-16-25(2)17-19-27/h5-10,12-19,30H,4,11,20-24H2,1-3H3/t30-/m1/s1. The SMILES string of the molecule is CC[C@@H](C(=O)N1CCCN(c2nc(Cc3ccc(C)cc3)nc3c2c(C)nn3-c2ccccc2)CC1)c1ccccc1. The molecule has 2 aromatic heterocycles. The van der Waals surface area contributed by atoms with Crippen LogP contribution in [0.2, 0.25) is 0 Å². The molecule has 7 heteroatoms. The van der Waals surface area contributed by atoms with Gasteiger partial charge in [0, 0.05) is 32.6 Å². The number of aromatic nitrogens is 4. The Morgan fingerprint density at radius 1 is 0.833 bits per heavy atom. The first kappa shape index (κ1) is 27.6. The quantitative estimate of drug-likeness (QED) is 0.236. The van der Waals surface area contributed by atoms with Crippen molar-refractivity contribution in [1.82, 2.24) is 24.6 Å². The number of benzene rings is 3. The Hall–Kier alpha value is -4.52. The van der Waals surface area contributed by atoms with E-state index in [1.807, 2.05) is 52.9 Å². The van der Waals surface area contributed by atoms with E-state index in [-0.39, 0.29) is 11.8 Å².